The number of hydrogen-bond donors (Lipinski definition) is 2. The molecule has 1 atom stereocenters. The highest BCUT2D eigenvalue weighted by Gasteiger charge is 2.17. The summed E-state index contributed by atoms with van der Waals surface area (Å²) in [6.45, 7) is 3.84. The zero-order valence-electron chi connectivity index (χ0n) is 17.6. The maximum atomic E-state index is 9.62. The first-order valence-corrected chi connectivity index (χ1v) is 10.5. The van der Waals surface area contributed by atoms with E-state index in [1.54, 1.807) is 30.2 Å². The lowest BCUT2D eigenvalue weighted by Gasteiger charge is -2.19. The molecule has 10 nitrogen and oxygen atoms in total. The van der Waals surface area contributed by atoms with E-state index in [9.17, 15) is 5.11 Å². The second kappa shape index (κ2) is 8.75. The Kier molecular flexibility index (Phi) is 5.51. The van der Waals surface area contributed by atoms with E-state index in [-0.39, 0.29) is 0 Å². The van der Waals surface area contributed by atoms with Gasteiger partial charge in [0.05, 0.1) is 24.5 Å². The van der Waals surface area contributed by atoms with Gasteiger partial charge in [-0.05, 0) is 25.5 Å². The Morgan fingerprint density at radius 2 is 2.03 bits per heavy atom. The summed E-state index contributed by atoms with van der Waals surface area (Å²) in [5.41, 5.74) is 3.40. The molecule has 5 rings (SSSR count). The molecule has 32 heavy (non-hydrogen) atoms. The zero-order valence-corrected chi connectivity index (χ0v) is 17.6. The maximum Gasteiger partial charge on any atom is 0.257 e. The number of aliphatic hydroxyl groups is 1. The molecule has 0 saturated carbocycles. The Labute approximate surface area is 184 Å². The van der Waals surface area contributed by atoms with Gasteiger partial charge in [0.25, 0.3) is 5.88 Å². The van der Waals surface area contributed by atoms with E-state index < -0.39 is 6.10 Å². The molecule has 4 aromatic heterocycles. The van der Waals surface area contributed by atoms with Crippen molar-refractivity contribution in [2.45, 2.75) is 26.0 Å². The predicted molar refractivity (Wildman–Crippen MR) is 118 cm³/mol. The molecule has 10 heteroatoms. The van der Waals surface area contributed by atoms with Gasteiger partial charge in [0.1, 0.15) is 25.4 Å². The first-order valence-electron chi connectivity index (χ1n) is 10.5. The summed E-state index contributed by atoms with van der Waals surface area (Å²) < 4.78 is 13.0. The molecule has 4 aromatic rings. The fourth-order valence-electron chi connectivity index (χ4n) is 3.64. The Hall–Kier alpha value is -3.79. The molecule has 0 fully saturated rings. The van der Waals surface area contributed by atoms with Crippen molar-refractivity contribution in [3.05, 3.63) is 48.7 Å². The number of ether oxygens (including phenoxy) is 2. The van der Waals surface area contributed by atoms with E-state index in [1.165, 1.54) is 6.33 Å². The molecule has 5 heterocycles. The Morgan fingerprint density at radius 1 is 1.12 bits per heavy atom. The minimum Gasteiger partial charge on any atom is -0.484 e. The summed E-state index contributed by atoms with van der Waals surface area (Å²) >= 11 is 0. The van der Waals surface area contributed by atoms with E-state index in [2.05, 4.69) is 30.4 Å². The van der Waals surface area contributed by atoms with Crippen LogP contribution in [0.3, 0.4) is 0 Å². The van der Waals surface area contributed by atoms with Crippen LogP contribution in [-0.4, -0.2) is 60.7 Å². The predicted octanol–water partition coefficient (Wildman–Crippen LogP) is 2.09. The third-order valence-electron chi connectivity index (χ3n) is 5.10. The van der Waals surface area contributed by atoms with Gasteiger partial charge < -0.3 is 19.9 Å². The minimum absolute atomic E-state index is 0.398. The quantitative estimate of drug-likeness (QED) is 0.451. The average molecular weight is 433 g/mol. The van der Waals surface area contributed by atoms with Crippen LogP contribution in [0.25, 0.3) is 22.3 Å². The van der Waals surface area contributed by atoms with E-state index >= 15 is 0 Å². The molecule has 0 spiro atoms. The number of aromatic nitrogens is 6. The molecule has 1 unspecified atom stereocenters. The number of rotatable bonds is 7. The standard InChI is InChI=1S/C22H23N7O3/c1-14(30)12-29-21-17(11-28-29)8-16(10-25-21)18-9-19(27-13-26-18)23-4-2-15-3-5-24-22-20(15)31-6-7-32-22/h3,5,8-11,13-14,30H,2,4,6-7,12H2,1H3,(H,23,26,27). The zero-order chi connectivity index (χ0) is 21.9. The Morgan fingerprint density at radius 3 is 2.94 bits per heavy atom. The van der Waals surface area contributed by atoms with E-state index in [4.69, 9.17) is 9.47 Å². The third kappa shape index (κ3) is 4.17. The molecule has 0 radical (unpaired) electrons. The Bertz CT molecular complexity index is 1240. The molecule has 0 bridgehead atoms. The summed E-state index contributed by atoms with van der Waals surface area (Å²) in [5, 5.41) is 18.2. The largest absolute Gasteiger partial charge is 0.484 e. The van der Waals surface area contributed by atoms with Gasteiger partial charge >= 0.3 is 0 Å². The first-order chi connectivity index (χ1) is 15.7. The van der Waals surface area contributed by atoms with Gasteiger partial charge in [0.15, 0.2) is 11.4 Å². The second-order valence-corrected chi connectivity index (χ2v) is 7.58. The number of pyridine rings is 2. The van der Waals surface area contributed by atoms with Gasteiger partial charge in [0, 0.05) is 41.5 Å². The van der Waals surface area contributed by atoms with E-state index in [0.717, 1.165) is 45.8 Å². The molecule has 164 valence electrons. The van der Waals surface area contributed by atoms with Crippen LogP contribution in [0, 0.1) is 0 Å². The molecule has 0 amide bonds. The summed E-state index contributed by atoms with van der Waals surface area (Å²) in [4.78, 5) is 17.5. The lowest BCUT2D eigenvalue weighted by molar-refractivity contribution is 0.163. The SMILES string of the molecule is CC(O)Cn1ncc2cc(-c3cc(NCCc4ccnc5c4OCCO5)ncn3)cnc21. The van der Waals surface area contributed by atoms with Crippen LogP contribution in [0.1, 0.15) is 12.5 Å². The number of anilines is 1. The van der Waals surface area contributed by atoms with Gasteiger partial charge in [-0.3, -0.25) is 0 Å². The van der Waals surface area contributed by atoms with Gasteiger partial charge in [-0.1, -0.05) is 0 Å². The van der Waals surface area contributed by atoms with Gasteiger partial charge in [-0.15, -0.1) is 0 Å². The summed E-state index contributed by atoms with van der Waals surface area (Å²) in [6.07, 6.45) is 7.02. The van der Waals surface area contributed by atoms with Gasteiger partial charge in [-0.2, -0.15) is 5.10 Å². The van der Waals surface area contributed by atoms with Crippen LogP contribution in [0.4, 0.5) is 5.82 Å². The van der Waals surface area contributed by atoms with Crippen molar-refractivity contribution < 1.29 is 14.6 Å². The van der Waals surface area contributed by atoms with Crippen molar-refractivity contribution in [3.8, 4) is 22.9 Å². The number of nitrogens with zero attached hydrogens (tertiary/aromatic N) is 6. The third-order valence-corrected chi connectivity index (χ3v) is 5.10. The summed E-state index contributed by atoms with van der Waals surface area (Å²) in [5.74, 6) is 2.00. The molecule has 1 aliphatic rings. The number of aliphatic hydroxyl groups excluding tert-OH is 1. The molecular formula is C22H23N7O3. The minimum atomic E-state index is -0.494. The molecular weight excluding hydrogens is 410 g/mol. The van der Waals surface area contributed by atoms with Crippen molar-refractivity contribution in [3.63, 3.8) is 0 Å². The van der Waals surface area contributed by atoms with Crippen molar-refractivity contribution in [1.82, 2.24) is 29.7 Å². The van der Waals surface area contributed by atoms with Crippen LogP contribution < -0.4 is 14.8 Å². The van der Waals surface area contributed by atoms with Crippen molar-refractivity contribution in [1.29, 1.82) is 0 Å². The van der Waals surface area contributed by atoms with Crippen molar-refractivity contribution in [2.75, 3.05) is 25.1 Å². The molecule has 0 aromatic carbocycles. The van der Waals surface area contributed by atoms with Crippen LogP contribution >= 0.6 is 0 Å². The maximum absolute atomic E-state index is 9.62. The molecule has 1 aliphatic heterocycles. The smallest absolute Gasteiger partial charge is 0.257 e. The van der Waals surface area contributed by atoms with E-state index in [0.29, 0.717) is 32.2 Å². The average Bonchev–Trinajstić information content (AvgIpc) is 3.21. The fourth-order valence-corrected chi connectivity index (χ4v) is 3.64. The van der Waals surface area contributed by atoms with E-state index in [1.807, 2.05) is 18.2 Å². The van der Waals surface area contributed by atoms with Crippen molar-refractivity contribution in [2.24, 2.45) is 0 Å². The lowest BCUT2D eigenvalue weighted by Crippen LogP contribution is -2.18. The highest BCUT2D eigenvalue weighted by molar-refractivity contribution is 5.80. The fraction of sp³-hybridized carbons (Fsp3) is 0.318. The summed E-state index contributed by atoms with van der Waals surface area (Å²) in [7, 11) is 0. The normalized spacial score (nSPS) is 13.8. The highest BCUT2D eigenvalue weighted by atomic mass is 16.6. The van der Waals surface area contributed by atoms with Crippen LogP contribution in [-0.2, 0) is 13.0 Å². The lowest BCUT2D eigenvalue weighted by atomic mass is 10.1. The topological polar surface area (TPSA) is 120 Å². The van der Waals surface area contributed by atoms with Crippen LogP contribution in [0.15, 0.2) is 43.1 Å². The monoisotopic (exact) mass is 433 g/mol. The van der Waals surface area contributed by atoms with Crippen LogP contribution in [0.5, 0.6) is 11.6 Å². The Balaban J connectivity index is 1.29. The second-order valence-electron chi connectivity index (χ2n) is 7.58. The number of hydrogen-bond acceptors (Lipinski definition) is 9. The highest BCUT2D eigenvalue weighted by Crippen LogP contribution is 2.31. The number of fused-ring (bicyclic) bond motifs is 2. The van der Waals surface area contributed by atoms with Gasteiger partial charge in [0.2, 0.25) is 0 Å². The van der Waals surface area contributed by atoms with Gasteiger partial charge in [-0.25, -0.2) is 24.6 Å². The van der Waals surface area contributed by atoms with Crippen LogP contribution in [0.2, 0.25) is 0 Å². The number of nitrogens with one attached hydrogen (secondary N) is 1. The van der Waals surface area contributed by atoms with Crippen molar-refractivity contribution >= 4 is 16.9 Å². The molecule has 0 saturated heterocycles. The summed E-state index contributed by atoms with van der Waals surface area (Å²) in [6, 6.07) is 5.82. The molecule has 2 N–H and O–H groups in total. The molecule has 0 aliphatic carbocycles. The first kappa shape index (κ1) is 20.1.